The molecular weight excluding hydrogens is 162 g/mol. The Labute approximate surface area is 79.4 Å². The van der Waals surface area contributed by atoms with Crippen LogP contribution in [-0.4, -0.2) is 11.2 Å². The predicted molar refractivity (Wildman–Crippen MR) is 54.4 cm³/mol. The van der Waals surface area contributed by atoms with Gasteiger partial charge in [0.1, 0.15) is 0 Å². The molecule has 0 spiro atoms. The summed E-state index contributed by atoms with van der Waals surface area (Å²) >= 11 is 0. The lowest BCUT2D eigenvalue weighted by molar-refractivity contribution is 0.140. The van der Waals surface area contributed by atoms with Crippen LogP contribution >= 0.6 is 0 Å². The maximum atomic E-state index is 9.52. The van der Waals surface area contributed by atoms with Crippen molar-refractivity contribution in [1.82, 2.24) is 0 Å². The standard InChI is InChI=1S/C11H17NO/c1-3-10(13)11(12)9-6-4-8(2)5-7-9/h4-7,10-11,13H,3,12H2,1-2H3/t10-,11+/m1/s1. The van der Waals surface area contributed by atoms with E-state index < -0.39 is 6.10 Å². The number of aliphatic hydroxyl groups is 1. The normalized spacial score (nSPS) is 15.4. The van der Waals surface area contributed by atoms with Crippen LogP contribution in [0.5, 0.6) is 0 Å². The van der Waals surface area contributed by atoms with Crippen LogP contribution in [0, 0.1) is 6.92 Å². The SMILES string of the molecule is CC[C@@H](O)[C@@H](N)c1ccc(C)cc1. The second-order valence-corrected chi connectivity index (χ2v) is 3.41. The molecule has 3 N–H and O–H groups in total. The molecular formula is C11H17NO. The highest BCUT2D eigenvalue weighted by molar-refractivity contribution is 5.24. The average Bonchev–Trinajstić information content (AvgIpc) is 2.17. The zero-order valence-corrected chi connectivity index (χ0v) is 8.20. The Morgan fingerprint density at radius 3 is 2.31 bits per heavy atom. The summed E-state index contributed by atoms with van der Waals surface area (Å²) in [6.45, 7) is 3.96. The molecule has 0 saturated heterocycles. The van der Waals surface area contributed by atoms with E-state index in [0.717, 1.165) is 5.56 Å². The van der Waals surface area contributed by atoms with Crippen LogP contribution in [-0.2, 0) is 0 Å². The molecule has 0 bridgehead atoms. The van der Waals surface area contributed by atoms with E-state index in [9.17, 15) is 5.11 Å². The third-order valence-corrected chi connectivity index (χ3v) is 2.30. The van der Waals surface area contributed by atoms with E-state index in [1.807, 2.05) is 38.1 Å². The molecule has 0 unspecified atom stereocenters. The van der Waals surface area contributed by atoms with Gasteiger partial charge in [-0.2, -0.15) is 0 Å². The van der Waals surface area contributed by atoms with Crippen molar-refractivity contribution in [2.45, 2.75) is 32.4 Å². The number of aliphatic hydroxyl groups excluding tert-OH is 1. The van der Waals surface area contributed by atoms with Gasteiger partial charge in [0.25, 0.3) is 0 Å². The molecule has 0 saturated carbocycles. The fourth-order valence-corrected chi connectivity index (χ4v) is 1.26. The van der Waals surface area contributed by atoms with Crippen molar-refractivity contribution in [2.24, 2.45) is 5.73 Å². The smallest absolute Gasteiger partial charge is 0.0730 e. The Bertz CT molecular complexity index is 255. The van der Waals surface area contributed by atoms with E-state index in [1.165, 1.54) is 5.56 Å². The summed E-state index contributed by atoms with van der Waals surface area (Å²) in [7, 11) is 0. The third kappa shape index (κ3) is 2.54. The van der Waals surface area contributed by atoms with E-state index >= 15 is 0 Å². The van der Waals surface area contributed by atoms with Crippen LogP contribution in [0.1, 0.15) is 30.5 Å². The summed E-state index contributed by atoms with van der Waals surface area (Å²) in [5, 5.41) is 9.52. The monoisotopic (exact) mass is 179 g/mol. The maximum Gasteiger partial charge on any atom is 0.0730 e. The van der Waals surface area contributed by atoms with E-state index in [0.29, 0.717) is 6.42 Å². The van der Waals surface area contributed by atoms with Gasteiger partial charge in [-0.15, -0.1) is 0 Å². The highest BCUT2D eigenvalue weighted by Gasteiger charge is 2.13. The minimum absolute atomic E-state index is 0.259. The van der Waals surface area contributed by atoms with Crippen molar-refractivity contribution in [3.05, 3.63) is 35.4 Å². The molecule has 2 heteroatoms. The minimum Gasteiger partial charge on any atom is -0.391 e. The number of hydrogen-bond acceptors (Lipinski definition) is 2. The zero-order chi connectivity index (χ0) is 9.84. The van der Waals surface area contributed by atoms with Crippen LogP contribution in [0.25, 0.3) is 0 Å². The van der Waals surface area contributed by atoms with Gasteiger partial charge in [0.2, 0.25) is 0 Å². The van der Waals surface area contributed by atoms with E-state index in [1.54, 1.807) is 0 Å². The first-order valence-corrected chi connectivity index (χ1v) is 4.65. The van der Waals surface area contributed by atoms with Gasteiger partial charge in [-0.3, -0.25) is 0 Å². The van der Waals surface area contributed by atoms with Gasteiger partial charge in [0, 0.05) is 0 Å². The van der Waals surface area contributed by atoms with Crippen molar-refractivity contribution >= 4 is 0 Å². The Kier molecular flexibility index (Phi) is 3.46. The van der Waals surface area contributed by atoms with Gasteiger partial charge < -0.3 is 10.8 Å². The molecule has 0 heterocycles. The molecule has 0 aromatic heterocycles. The number of rotatable bonds is 3. The van der Waals surface area contributed by atoms with Crippen LogP contribution < -0.4 is 5.73 Å². The topological polar surface area (TPSA) is 46.2 Å². The molecule has 0 amide bonds. The summed E-state index contributed by atoms with van der Waals surface area (Å²) in [5.41, 5.74) is 8.06. The Morgan fingerprint density at radius 1 is 1.31 bits per heavy atom. The lowest BCUT2D eigenvalue weighted by Crippen LogP contribution is -2.25. The van der Waals surface area contributed by atoms with E-state index in [2.05, 4.69) is 0 Å². The molecule has 0 aliphatic carbocycles. The molecule has 1 aromatic rings. The second-order valence-electron chi connectivity index (χ2n) is 3.41. The second kappa shape index (κ2) is 4.40. The first kappa shape index (κ1) is 10.2. The molecule has 1 rings (SSSR count). The molecule has 0 radical (unpaired) electrons. The largest absolute Gasteiger partial charge is 0.391 e. The molecule has 2 atom stereocenters. The van der Waals surface area contributed by atoms with E-state index in [-0.39, 0.29) is 6.04 Å². The van der Waals surface area contributed by atoms with Gasteiger partial charge >= 0.3 is 0 Å². The number of aryl methyl sites for hydroxylation is 1. The van der Waals surface area contributed by atoms with Crippen LogP contribution in [0.4, 0.5) is 0 Å². The lowest BCUT2D eigenvalue weighted by Gasteiger charge is -2.17. The third-order valence-electron chi connectivity index (χ3n) is 2.30. The molecule has 0 fully saturated rings. The quantitative estimate of drug-likeness (QED) is 0.742. The summed E-state index contributed by atoms with van der Waals surface area (Å²) in [6, 6.07) is 7.71. The number of hydrogen-bond donors (Lipinski definition) is 2. The minimum atomic E-state index is -0.442. The van der Waals surface area contributed by atoms with Crippen molar-refractivity contribution in [1.29, 1.82) is 0 Å². The van der Waals surface area contributed by atoms with Gasteiger partial charge in [0.05, 0.1) is 12.1 Å². The van der Waals surface area contributed by atoms with Gasteiger partial charge in [-0.25, -0.2) is 0 Å². The lowest BCUT2D eigenvalue weighted by atomic mass is 10.00. The maximum absolute atomic E-state index is 9.52. The molecule has 13 heavy (non-hydrogen) atoms. The van der Waals surface area contributed by atoms with Gasteiger partial charge in [-0.05, 0) is 18.9 Å². The van der Waals surface area contributed by atoms with Gasteiger partial charge in [-0.1, -0.05) is 36.8 Å². The summed E-state index contributed by atoms with van der Waals surface area (Å²) in [6.07, 6.45) is 0.248. The van der Waals surface area contributed by atoms with Crippen molar-refractivity contribution in [3.63, 3.8) is 0 Å². The number of nitrogens with two attached hydrogens (primary N) is 1. The molecule has 0 aliphatic heterocycles. The molecule has 0 aliphatic rings. The number of benzene rings is 1. The van der Waals surface area contributed by atoms with Gasteiger partial charge in [0.15, 0.2) is 0 Å². The van der Waals surface area contributed by atoms with E-state index in [4.69, 9.17) is 5.73 Å². The van der Waals surface area contributed by atoms with Crippen LogP contribution in [0.2, 0.25) is 0 Å². The summed E-state index contributed by atoms with van der Waals surface area (Å²) in [4.78, 5) is 0. The molecule has 1 aromatic carbocycles. The Hall–Kier alpha value is -0.860. The first-order chi connectivity index (χ1) is 6.15. The van der Waals surface area contributed by atoms with Crippen molar-refractivity contribution in [2.75, 3.05) is 0 Å². The molecule has 2 nitrogen and oxygen atoms in total. The first-order valence-electron chi connectivity index (χ1n) is 4.65. The van der Waals surface area contributed by atoms with Crippen molar-refractivity contribution in [3.8, 4) is 0 Å². The highest BCUT2D eigenvalue weighted by Crippen LogP contribution is 2.16. The predicted octanol–water partition coefficient (Wildman–Crippen LogP) is 1.77. The Morgan fingerprint density at radius 2 is 1.85 bits per heavy atom. The summed E-state index contributed by atoms with van der Waals surface area (Å²) < 4.78 is 0. The van der Waals surface area contributed by atoms with Crippen molar-refractivity contribution < 1.29 is 5.11 Å². The average molecular weight is 179 g/mol. The zero-order valence-electron chi connectivity index (χ0n) is 8.20. The van der Waals surface area contributed by atoms with Crippen LogP contribution in [0.15, 0.2) is 24.3 Å². The Balaban J connectivity index is 2.77. The fraction of sp³-hybridized carbons (Fsp3) is 0.455. The highest BCUT2D eigenvalue weighted by atomic mass is 16.3. The van der Waals surface area contributed by atoms with Crippen LogP contribution in [0.3, 0.4) is 0 Å². The molecule has 72 valence electrons. The summed E-state index contributed by atoms with van der Waals surface area (Å²) in [5.74, 6) is 0. The fourth-order valence-electron chi connectivity index (χ4n) is 1.26.